The Kier molecular flexibility index (Phi) is 5.94. The lowest BCUT2D eigenvalue weighted by molar-refractivity contribution is 0.0750. The maximum absolute atomic E-state index is 12.8. The van der Waals surface area contributed by atoms with Gasteiger partial charge in [0, 0.05) is 38.9 Å². The van der Waals surface area contributed by atoms with E-state index in [9.17, 15) is 4.79 Å². The average molecular weight is 376 g/mol. The van der Waals surface area contributed by atoms with E-state index in [-0.39, 0.29) is 5.91 Å². The minimum absolute atomic E-state index is 0.0632. The summed E-state index contributed by atoms with van der Waals surface area (Å²) in [4.78, 5) is 21.5. The number of amides is 1. The van der Waals surface area contributed by atoms with Gasteiger partial charge in [-0.1, -0.05) is 17.7 Å². The van der Waals surface area contributed by atoms with Gasteiger partial charge in [-0.2, -0.15) is 5.10 Å². The van der Waals surface area contributed by atoms with Gasteiger partial charge < -0.3 is 4.90 Å². The summed E-state index contributed by atoms with van der Waals surface area (Å²) in [5.74, 6) is -0.0632. The molecule has 2 aromatic rings. The molecule has 0 aromatic carbocycles. The molecule has 3 rings (SSSR count). The Morgan fingerprint density at radius 3 is 2.81 bits per heavy atom. The van der Waals surface area contributed by atoms with E-state index in [0.717, 1.165) is 50.3 Å². The molecule has 1 atom stereocenters. The molecular formula is C19H26ClN5O. The van der Waals surface area contributed by atoms with Gasteiger partial charge in [-0.15, -0.1) is 0 Å². The number of carbonyl (C=O) groups excluding carboxylic acids is 1. The molecule has 0 spiro atoms. The van der Waals surface area contributed by atoms with Gasteiger partial charge in [-0.05, 0) is 45.4 Å². The molecule has 0 aliphatic carbocycles. The van der Waals surface area contributed by atoms with Crippen molar-refractivity contribution in [2.75, 3.05) is 20.1 Å². The topological polar surface area (TPSA) is 54.3 Å². The van der Waals surface area contributed by atoms with Crippen molar-refractivity contribution in [3.63, 3.8) is 0 Å². The first-order valence-corrected chi connectivity index (χ1v) is 9.43. The van der Waals surface area contributed by atoms with Gasteiger partial charge >= 0.3 is 0 Å². The molecule has 0 bridgehead atoms. The summed E-state index contributed by atoms with van der Waals surface area (Å²) in [7, 11) is 3.94. The Bertz CT molecular complexity index is 761. The number of hydrogen-bond donors (Lipinski definition) is 0. The number of aromatic nitrogens is 3. The summed E-state index contributed by atoms with van der Waals surface area (Å²) in [5.41, 5.74) is 2.26. The summed E-state index contributed by atoms with van der Waals surface area (Å²) >= 11 is 6.29. The van der Waals surface area contributed by atoms with E-state index < -0.39 is 0 Å². The van der Waals surface area contributed by atoms with Crippen LogP contribution in [0.1, 0.15) is 41.1 Å². The highest BCUT2D eigenvalue weighted by molar-refractivity contribution is 6.34. The Hall–Kier alpha value is -1.92. The number of pyridine rings is 1. The molecule has 0 saturated carbocycles. The maximum Gasteiger partial charge on any atom is 0.275 e. The van der Waals surface area contributed by atoms with E-state index in [1.165, 1.54) is 0 Å². The summed E-state index contributed by atoms with van der Waals surface area (Å²) in [6, 6.07) is 6.44. The third-order valence-corrected chi connectivity index (χ3v) is 5.66. The lowest BCUT2D eigenvalue weighted by Crippen LogP contribution is -2.35. The van der Waals surface area contributed by atoms with Gasteiger partial charge in [-0.25, -0.2) is 0 Å². The number of hydrogen-bond acceptors (Lipinski definition) is 4. The lowest BCUT2D eigenvalue weighted by Gasteiger charge is -2.27. The highest BCUT2D eigenvalue weighted by Crippen LogP contribution is 2.23. The second-order valence-electron chi connectivity index (χ2n) is 6.98. The summed E-state index contributed by atoms with van der Waals surface area (Å²) < 4.78 is 1.66. The van der Waals surface area contributed by atoms with Crippen LogP contribution in [-0.2, 0) is 13.6 Å². The molecule has 0 N–H and O–H groups in total. The fourth-order valence-corrected chi connectivity index (χ4v) is 3.71. The molecule has 7 heteroatoms. The second-order valence-corrected chi connectivity index (χ2v) is 7.36. The van der Waals surface area contributed by atoms with E-state index in [2.05, 4.69) is 28.1 Å². The van der Waals surface area contributed by atoms with Crippen LogP contribution in [0.4, 0.5) is 0 Å². The van der Waals surface area contributed by atoms with Crippen LogP contribution in [-0.4, -0.2) is 56.7 Å². The van der Waals surface area contributed by atoms with Crippen LogP contribution >= 0.6 is 11.6 Å². The van der Waals surface area contributed by atoms with Crippen molar-refractivity contribution in [2.24, 2.45) is 7.05 Å². The molecule has 3 heterocycles. The van der Waals surface area contributed by atoms with Crippen LogP contribution in [0.15, 0.2) is 24.4 Å². The monoisotopic (exact) mass is 375 g/mol. The van der Waals surface area contributed by atoms with Crippen molar-refractivity contribution in [3.8, 4) is 0 Å². The summed E-state index contributed by atoms with van der Waals surface area (Å²) in [6.07, 6.45) is 4.82. The minimum Gasteiger partial charge on any atom is -0.337 e. The molecule has 1 saturated heterocycles. The Balaban J connectivity index is 1.62. The van der Waals surface area contributed by atoms with E-state index in [1.54, 1.807) is 4.68 Å². The molecule has 140 valence electrons. The van der Waals surface area contributed by atoms with Crippen molar-refractivity contribution < 1.29 is 4.79 Å². The van der Waals surface area contributed by atoms with E-state index in [0.29, 0.717) is 16.8 Å². The molecule has 1 fully saturated rings. The van der Waals surface area contributed by atoms with Gasteiger partial charge in [-0.3, -0.25) is 19.4 Å². The molecular weight excluding hydrogens is 350 g/mol. The van der Waals surface area contributed by atoms with Crippen molar-refractivity contribution >= 4 is 17.5 Å². The number of carbonyl (C=O) groups is 1. The average Bonchev–Trinajstić information content (AvgIpc) is 2.84. The number of likely N-dealkylation sites (tertiary alicyclic amines) is 1. The van der Waals surface area contributed by atoms with Crippen LogP contribution in [0, 0.1) is 6.92 Å². The highest BCUT2D eigenvalue weighted by Gasteiger charge is 2.27. The largest absolute Gasteiger partial charge is 0.337 e. The number of aryl methyl sites for hydroxylation is 1. The molecule has 2 aromatic heterocycles. The first-order chi connectivity index (χ1) is 12.5. The molecule has 6 nitrogen and oxygen atoms in total. The van der Waals surface area contributed by atoms with Crippen LogP contribution < -0.4 is 0 Å². The Morgan fingerprint density at radius 1 is 1.35 bits per heavy atom. The minimum atomic E-state index is -0.0632. The van der Waals surface area contributed by atoms with Crippen molar-refractivity contribution in [3.05, 3.63) is 46.5 Å². The van der Waals surface area contributed by atoms with Gasteiger partial charge in [0.05, 0.1) is 16.4 Å². The standard InChI is InChI=1S/C19H26ClN5O/c1-14-17(20)18(22-24(14)3)19(26)25-11-6-8-16(9-12-25)23(2)13-15-7-4-5-10-21-15/h4-5,7,10,16H,6,8-9,11-13H2,1-3H3. The van der Waals surface area contributed by atoms with E-state index in [4.69, 9.17) is 11.6 Å². The second kappa shape index (κ2) is 8.18. The van der Waals surface area contributed by atoms with Crippen LogP contribution in [0.25, 0.3) is 0 Å². The molecule has 26 heavy (non-hydrogen) atoms. The molecule has 1 unspecified atom stereocenters. The van der Waals surface area contributed by atoms with Gasteiger partial charge in [0.2, 0.25) is 0 Å². The maximum atomic E-state index is 12.8. The zero-order chi connectivity index (χ0) is 18.7. The predicted octanol–water partition coefficient (Wildman–Crippen LogP) is 2.90. The van der Waals surface area contributed by atoms with Crippen LogP contribution in [0.2, 0.25) is 5.02 Å². The van der Waals surface area contributed by atoms with Crippen molar-refractivity contribution in [1.82, 2.24) is 24.6 Å². The zero-order valence-corrected chi connectivity index (χ0v) is 16.4. The Labute approximate surface area is 159 Å². The van der Waals surface area contributed by atoms with Crippen molar-refractivity contribution in [2.45, 2.75) is 38.8 Å². The smallest absolute Gasteiger partial charge is 0.275 e. The number of halogens is 1. The molecule has 0 radical (unpaired) electrons. The fourth-order valence-electron chi connectivity index (χ4n) is 3.47. The SMILES string of the molecule is Cc1c(Cl)c(C(=O)N2CCCC(N(C)Cc3ccccn3)CC2)nn1C. The number of nitrogens with zero attached hydrogens (tertiary/aromatic N) is 5. The zero-order valence-electron chi connectivity index (χ0n) is 15.7. The predicted molar refractivity (Wildman–Crippen MR) is 102 cm³/mol. The highest BCUT2D eigenvalue weighted by atomic mass is 35.5. The summed E-state index contributed by atoms with van der Waals surface area (Å²) in [6.45, 7) is 4.17. The summed E-state index contributed by atoms with van der Waals surface area (Å²) in [5, 5.41) is 4.76. The van der Waals surface area contributed by atoms with E-state index >= 15 is 0 Å². The molecule has 1 aliphatic heterocycles. The van der Waals surface area contributed by atoms with Crippen LogP contribution in [0.5, 0.6) is 0 Å². The van der Waals surface area contributed by atoms with Crippen LogP contribution in [0.3, 0.4) is 0 Å². The van der Waals surface area contributed by atoms with Gasteiger partial charge in [0.15, 0.2) is 5.69 Å². The Morgan fingerprint density at radius 2 is 2.15 bits per heavy atom. The molecule has 1 amide bonds. The molecule has 1 aliphatic rings. The fraction of sp³-hybridized carbons (Fsp3) is 0.526. The first-order valence-electron chi connectivity index (χ1n) is 9.06. The van der Waals surface area contributed by atoms with Crippen molar-refractivity contribution in [1.29, 1.82) is 0 Å². The van der Waals surface area contributed by atoms with Gasteiger partial charge in [0.25, 0.3) is 5.91 Å². The first kappa shape index (κ1) is 18.9. The number of rotatable bonds is 4. The quantitative estimate of drug-likeness (QED) is 0.824. The third kappa shape index (κ3) is 4.07. The lowest BCUT2D eigenvalue weighted by atomic mass is 10.1. The van der Waals surface area contributed by atoms with Gasteiger partial charge in [0.1, 0.15) is 0 Å². The third-order valence-electron chi connectivity index (χ3n) is 5.21. The normalized spacial score (nSPS) is 18.2. The van der Waals surface area contributed by atoms with E-state index in [1.807, 2.05) is 37.2 Å².